The average molecular weight is 621 g/mol. The summed E-state index contributed by atoms with van der Waals surface area (Å²) in [6.45, 7) is 1.72. The Morgan fingerprint density at radius 2 is 1.73 bits per heavy atom. The molecule has 3 heterocycles. The summed E-state index contributed by atoms with van der Waals surface area (Å²) in [7, 11) is 4.24. The number of piperidine rings is 1. The van der Waals surface area contributed by atoms with Crippen molar-refractivity contribution in [1.29, 1.82) is 0 Å². The second kappa shape index (κ2) is 14.2. The molecular formula is C36H40N6O2S. The maximum atomic E-state index is 13.5. The number of anilines is 1. The first-order valence-electron chi connectivity index (χ1n) is 15.8. The Balaban J connectivity index is 1.08. The molecular weight excluding hydrogens is 581 g/mol. The second-order valence-electron chi connectivity index (χ2n) is 12.0. The van der Waals surface area contributed by atoms with Crippen molar-refractivity contribution in [3.63, 3.8) is 0 Å². The Labute approximate surface area is 268 Å². The number of hydrogen-bond acceptors (Lipinski definition) is 6. The fourth-order valence-electron chi connectivity index (χ4n) is 6.02. The number of rotatable bonds is 11. The number of aromatic nitrogens is 3. The highest BCUT2D eigenvalue weighted by Gasteiger charge is 2.23. The highest BCUT2D eigenvalue weighted by molar-refractivity contribution is 7.16. The minimum absolute atomic E-state index is 0.210. The van der Waals surface area contributed by atoms with Crippen LogP contribution < -0.4 is 5.32 Å². The Kier molecular flexibility index (Phi) is 9.66. The van der Waals surface area contributed by atoms with Crippen molar-refractivity contribution in [2.24, 2.45) is 0 Å². The molecule has 1 aliphatic heterocycles. The predicted molar refractivity (Wildman–Crippen MR) is 182 cm³/mol. The van der Waals surface area contributed by atoms with Crippen LogP contribution in [-0.2, 0) is 11.2 Å². The number of carbonyl (C=O) groups is 2. The van der Waals surface area contributed by atoms with Gasteiger partial charge in [-0.25, -0.2) is 9.97 Å². The Morgan fingerprint density at radius 1 is 0.933 bits per heavy atom. The molecule has 0 unspecified atom stereocenters. The van der Waals surface area contributed by atoms with Crippen LogP contribution in [0.15, 0.2) is 84.5 Å². The lowest BCUT2D eigenvalue weighted by molar-refractivity contribution is -0.132. The van der Waals surface area contributed by atoms with Crippen molar-refractivity contribution in [2.75, 3.05) is 32.5 Å². The van der Waals surface area contributed by atoms with E-state index < -0.39 is 0 Å². The maximum Gasteiger partial charge on any atom is 0.258 e. The van der Waals surface area contributed by atoms with Crippen molar-refractivity contribution in [1.82, 2.24) is 24.3 Å². The number of imidazole rings is 1. The average Bonchev–Trinajstić information content (AvgIpc) is 3.71. The van der Waals surface area contributed by atoms with E-state index in [4.69, 9.17) is 4.98 Å². The Morgan fingerprint density at radius 3 is 2.53 bits per heavy atom. The SMILES string of the molecule is CN(C)C1CCN(C(=O)CCCCCc2cn(-c3ccccc3)c(NC(=O)c3cccc(-c4ccc5ncsc5c4)c3)n2)CC1. The van der Waals surface area contributed by atoms with Crippen LogP contribution in [0.25, 0.3) is 27.0 Å². The van der Waals surface area contributed by atoms with Crippen molar-refractivity contribution >= 4 is 39.3 Å². The van der Waals surface area contributed by atoms with E-state index in [1.54, 1.807) is 11.3 Å². The second-order valence-corrected chi connectivity index (χ2v) is 12.9. The van der Waals surface area contributed by atoms with Gasteiger partial charge in [-0.2, -0.15) is 0 Å². The number of nitrogens with zero attached hydrogens (tertiary/aromatic N) is 5. The summed E-state index contributed by atoms with van der Waals surface area (Å²) in [5.41, 5.74) is 7.26. The first kappa shape index (κ1) is 30.7. The zero-order chi connectivity index (χ0) is 31.2. The molecule has 3 aromatic carbocycles. The smallest absolute Gasteiger partial charge is 0.258 e. The number of hydrogen-bond donors (Lipinski definition) is 1. The van der Waals surface area contributed by atoms with Gasteiger partial charge in [-0.15, -0.1) is 11.3 Å². The highest BCUT2D eigenvalue weighted by atomic mass is 32.1. The molecule has 0 radical (unpaired) electrons. The van der Waals surface area contributed by atoms with Gasteiger partial charge < -0.3 is 9.80 Å². The molecule has 0 atom stereocenters. The van der Waals surface area contributed by atoms with E-state index in [-0.39, 0.29) is 11.8 Å². The lowest BCUT2D eigenvalue weighted by atomic mass is 10.0. The van der Waals surface area contributed by atoms with Crippen LogP contribution in [0.3, 0.4) is 0 Å². The van der Waals surface area contributed by atoms with Gasteiger partial charge in [0.25, 0.3) is 5.91 Å². The van der Waals surface area contributed by atoms with Gasteiger partial charge in [-0.05, 0) is 93.7 Å². The fourth-order valence-corrected chi connectivity index (χ4v) is 6.74. The summed E-state index contributed by atoms with van der Waals surface area (Å²) in [4.78, 5) is 39.7. The third kappa shape index (κ3) is 7.49. The van der Waals surface area contributed by atoms with E-state index in [0.29, 0.717) is 24.0 Å². The largest absolute Gasteiger partial charge is 0.343 e. The molecule has 1 aliphatic rings. The molecule has 2 aromatic heterocycles. The third-order valence-corrected chi connectivity index (χ3v) is 9.47. The molecule has 0 spiro atoms. The number of unbranched alkanes of at least 4 members (excludes halogenated alkanes) is 2. The van der Waals surface area contributed by atoms with Crippen molar-refractivity contribution < 1.29 is 9.59 Å². The lowest BCUT2D eigenvalue weighted by Gasteiger charge is -2.35. The quantitative estimate of drug-likeness (QED) is 0.160. The van der Waals surface area contributed by atoms with Crippen LogP contribution in [0.5, 0.6) is 0 Å². The van der Waals surface area contributed by atoms with Crippen LogP contribution in [0, 0.1) is 0 Å². The summed E-state index contributed by atoms with van der Waals surface area (Å²) in [6, 6.07) is 24.3. The Bertz CT molecular complexity index is 1750. The zero-order valence-electron chi connectivity index (χ0n) is 26.0. The molecule has 0 saturated carbocycles. The van der Waals surface area contributed by atoms with Crippen LogP contribution in [0.2, 0.25) is 0 Å². The number of amides is 2. The first-order chi connectivity index (χ1) is 21.9. The van der Waals surface area contributed by atoms with Gasteiger partial charge in [0.1, 0.15) is 0 Å². The number of benzene rings is 3. The molecule has 1 N–H and O–H groups in total. The van der Waals surface area contributed by atoms with E-state index in [2.05, 4.69) is 35.4 Å². The molecule has 1 saturated heterocycles. The lowest BCUT2D eigenvalue weighted by Crippen LogP contribution is -2.44. The van der Waals surface area contributed by atoms with E-state index >= 15 is 0 Å². The molecule has 9 heteroatoms. The normalized spacial score (nSPS) is 13.9. The van der Waals surface area contributed by atoms with Gasteiger partial charge in [-0.1, -0.05) is 42.8 Å². The molecule has 6 rings (SSSR count). The minimum Gasteiger partial charge on any atom is -0.343 e. The third-order valence-electron chi connectivity index (χ3n) is 8.68. The van der Waals surface area contributed by atoms with Gasteiger partial charge in [0, 0.05) is 43.0 Å². The van der Waals surface area contributed by atoms with Gasteiger partial charge in [0.2, 0.25) is 11.9 Å². The van der Waals surface area contributed by atoms with Crippen molar-refractivity contribution in [3.05, 3.63) is 95.8 Å². The maximum absolute atomic E-state index is 13.5. The topological polar surface area (TPSA) is 83.4 Å². The van der Waals surface area contributed by atoms with Crippen LogP contribution >= 0.6 is 11.3 Å². The molecule has 8 nitrogen and oxygen atoms in total. The minimum atomic E-state index is -0.210. The van der Waals surface area contributed by atoms with Crippen LogP contribution in [-0.4, -0.2) is 69.4 Å². The van der Waals surface area contributed by atoms with E-state index in [9.17, 15) is 9.59 Å². The highest BCUT2D eigenvalue weighted by Crippen LogP contribution is 2.27. The van der Waals surface area contributed by atoms with Gasteiger partial charge in [0.15, 0.2) is 0 Å². The van der Waals surface area contributed by atoms with Gasteiger partial charge in [-0.3, -0.25) is 19.5 Å². The number of aryl methyl sites for hydroxylation is 1. The fraction of sp³-hybridized carbons (Fsp3) is 0.333. The van der Waals surface area contributed by atoms with E-state index in [0.717, 1.165) is 84.3 Å². The number of likely N-dealkylation sites (tertiary alicyclic amines) is 1. The molecule has 0 aliphatic carbocycles. The monoisotopic (exact) mass is 620 g/mol. The van der Waals surface area contributed by atoms with Crippen molar-refractivity contribution in [2.45, 2.75) is 51.0 Å². The summed E-state index contributed by atoms with van der Waals surface area (Å²) < 4.78 is 3.06. The Hall–Kier alpha value is -4.34. The summed E-state index contributed by atoms with van der Waals surface area (Å²) >= 11 is 1.61. The summed E-state index contributed by atoms with van der Waals surface area (Å²) in [5, 5.41) is 3.06. The number of para-hydroxylation sites is 1. The number of thiazole rings is 1. The molecule has 45 heavy (non-hydrogen) atoms. The molecule has 5 aromatic rings. The van der Waals surface area contributed by atoms with Gasteiger partial charge in [0.05, 0.1) is 21.4 Å². The van der Waals surface area contributed by atoms with E-state index in [1.165, 1.54) is 0 Å². The number of fused-ring (bicyclic) bond motifs is 1. The predicted octanol–water partition coefficient (Wildman–Crippen LogP) is 7.06. The summed E-state index contributed by atoms with van der Waals surface area (Å²) in [5.74, 6) is 0.561. The standard InChI is InChI=1S/C36H40N6O2S/c1-40(2)30-18-20-41(21-19-30)34(43)15-8-3-5-12-29-24-42(31-13-6-4-7-14-31)36(38-29)39-35(44)28-11-9-10-26(22-28)27-16-17-32-33(23-27)45-25-37-32/h4,6-7,9-11,13-14,16-17,22-25,30H,3,5,8,12,15,18-21H2,1-2H3,(H,38,39,44). The molecule has 232 valence electrons. The molecule has 1 fully saturated rings. The van der Waals surface area contributed by atoms with Crippen LogP contribution in [0.1, 0.15) is 54.6 Å². The molecule has 0 bridgehead atoms. The zero-order valence-corrected chi connectivity index (χ0v) is 26.8. The van der Waals surface area contributed by atoms with Gasteiger partial charge >= 0.3 is 0 Å². The van der Waals surface area contributed by atoms with Crippen molar-refractivity contribution in [3.8, 4) is 16.8 Å². The first-order valence-corrected chi connectivity index (χ1v) is 16.7. The molecule has 2 amide bonds. The number of nitrogens with one attached hydrogen (secondary N) is 1. The number of carbonyl (C=O) groups excluding carboxylic acids is 2. The summed E-state index contributed by atoms with van der Waals surface area (Å²) in [6.07, 6.45) is 8.26. The van der Waals surface area contributed by atoms with Crippen LogP contribution in [0.4, 0.5) is 5.95 Å². The van der Waals surface area contributed by atoms with E-state index in [1.807, 2.05) is 87.9 Å².